The van der Waals surface area contributed by atoms with E-state index < -0.39 is 0 Å². The minimum Gasteiger partial charge on any atom is -0.493 e. The molecule has 0 unspecified atom stereocenters. The summed E-state index contributed by atoms with van der Waals surface area (Å²) in [7, 11) is 0. The maximum atomic E-state index is 5.83. The zero-order valence-electron chi connectivity index (χ0n) is 11.0. The van der Waals surface area contributed by atoms with E-state index in [1.165, 1.54) is 0 Å². The van der Waals surface area contributed by atoms with E-state index in [9.17, 15) is 0 Å². The molecule has 96 valence electrons. The van der Waals surface area contributed by atoms with Crippen molar-refractivity contribution in [1.82, 2.24) is 0 Å². The number of benzene rings is 1. The highest BCUT2D eigenvalue weighted by molar-refractivity contribution is 5.37. The standard InChI is InChI=1S/C14H23NO2/c1-4-16-8-5-9-17-14-7-6-13(12(3)15)10-11(14)2/h6-7,10,12H,4-5,8-9,15H2,1-3H3/t12-/m0/s1. The van der Waals surface area contributed by atoms with Gasteiger partial charge in [-0.2, -0.15) is 0 Å². The average molecular weight is 237 g/mol. The van der Waals surface area contributed by atoms with Gasteiger partial charge in [0.15, 0.2) is 0 Å². The fourth-order valence-electron chi connectivity index (χ4n) is 1.61. The molecule has 0 bridgehead atoms. The van der Waals surface area contributed by atoms with Crippen molar-refractivity contribution in [2.75, 3.05) is 19.8 Å². The smallest absolute Gasteiger partial charge is 0.122 e. The van der Waals surface area contributed by atoms with Gasteiger partial charge in [-0.15, -0.1) is 0 Å². The largest absolute Gasteiger partial charge is 0.493 e. The molecule has 2 N–H and O–H groups in total. The molecule has 0 spiro atoms. The summed E-state index contributed by atoms with van der Waals surface area (Å²) in [5.41, 5.74) is 8.11. The fraction of sp³-hybridized carbons (Fsp3) is 0.571. The zero-order chi connectivity index (χ0) is 12.7. The first-order chi connectivity index (χ1) is 8.15. The Balaban J connectivity index is 2.43. The second kappa shape index (κ2) is 7.30. The Morgan fingerprint density at radius 2 is 2.06 bits per heavy atom. The summed E-state index contributed by atoms with van der Waals surface area (Å²) in [5, 5.41) is 0. The lowest BCUT2D eigenvalue weighted by Gasteiger charge is -2.12. The lowest BCUT2D eigenvalue weighted by Crippen LogP contribution is -2.07. The predicted octanol–water partition coefficient (Wildman–Crippen LogP) is 2.82. The van der Waals surface area contributed by atoms with Crippen LogP contribution < -0.4 is 10.5 Å². The second-order valence-electron chi connectivity index (χ2n) is 4.21. The van der Waals surface area contributed by atoms with Gasteiger partial charge >= 0.3 is 0 Å². The molecule has 0 saturated carbocycles. The van der Waals surface area contributed by atoms with Crippen molar-refractivity contribution >= 4 is 0 Å². The monoisotopic (exact) mass is 237 g/mol. The van der Waals surface area contributed by atoms with Crippen molar-refractivity contribution in [2.45, 2.75) is 33.2 Å². The van der Waals surface area contributed by atoms with Gasteiger partial charge in [0.25, 0.3) is 0 Å². The topological polar surface area (TPSA) is 44.5 Å². The highest BCUT2D eigenvalue weighted by Crippen LogP contribution is 2.21. The van der Waals surface area contributed by atoms with Crippen molar-refractivity contribution in [1.29, 1.82) is 0 Å². The Hall–Kier alpha value is -1.06. The van der Waals surface area contributed by atoms with Gasteiger partial charge in [-0.05, 0) is 38.0 Å². The van der Waals surface area contributed by atoms with Gasteiger partial charge in [0.2, 0.25) is 0 Å². The Morgan fingerprint density at radius 3 is 2.65 bits per heavy atom. The summed E-state index contributed by atoms with van der Waals surface area (Å²) in [6.07, 6.45) is 0.919. The van der Waals surface area contributed by atoms with E-state index in [0.717, 1.165) is 36.5 Å². The molecule has 1 atom stereocenters. The van der Waals surface area contributed by atoms with Crippen molar-refractivity contribution in [3.05, 3.63) is 29.3 Å². The van der Waals surface area contributed by atoms with E-state index in [2.05, 4.69) is 6.07 Å². The van der Waals surface area contributed by atoms with Crippen LogP contribution in [0.4, 0.5) is 0 Å². The van der Waals surface area contributed by atoms with Crippen LogP contribution in [-0.4, -0.2) is 19.8 Å². The van der Waals surface area contributed by atoms with Crippen molar-refractivity contribution < 1.29 is 9.47 Å². The summed E-state index contributed by atoms with van der Waals surface area (Å²) in [4.78, 5) is 0. The van der Waals surface area contributed by atoms with Gasteiger partial charge in [-0.25, -0.2) is 0 Å². The van der Waals surface area contributed by atoms with Crippen LogP contribution in [-0.2, 0) is 4.74 Å². The number of rotatable bonds is 7. The minimum absolute atomic E-state index is 0.0701. The van der Waals surface area contributed by atoms with Crippen LogP contribution in [0.2, 0.25) is 0 Å². The molecule has 0 radical (unpaired) electrons. The van der Waals surface area contributed by atoms with Gasteiger partial charge in [0, 0.05) is 25.7 Å². The highest BCUT2D eigenvalue weighted by Gasteiger charge is 2.04. The third kappa shape index (κ3) is 4.75. The van der Waals surface area contributed by atoms with E-state index in [1.807, 2.05) is 32.9 Å². The molecule has 0 amide bonds. The lowest BCUT2D eigenvalue weighted by molar-refractivity contribution is 0.130. The van der Waals surface area contributed by atoms with Crippen molar-refractivity contribution in [3.8, 4) is 5.75 Å². The number of hydrogen-bond acceptors (Lipinski definition) is 3. The average Bonchev–Trinajstić information content (AvgIpc) is 2.30. The maximum absolute atomic E-state index is 5.83. The van der Waals surface area contributed by atoms with Gasteiger partial charge in [0.05, 0.1) is 6.61 Å². The molecule has 0 saturated heterocycles. The molecule has 0 heterocycles. The van der Waals surface area contributed by atoms with E-state index in [0.29, 0.717) is 6.61 Å². The molecule has 1 aromatic carbocycles. The van der Waals surface area contributed by atoms with Crippen LogP contribution in [0.15, 0.2) is 18.2 Å². The number of nitrogens with two attached hydrogens (primary N) is 1. The van der Waals surface area contributed by atoms with Gasteiger partial charge in [-0.1, -0.05) is 12.1 Å². The Morgan fingerprint density at radius 1 is 1.29 bits per heavy atom. The van der Waals surface area contributed by atoms with Crippen LogP contribution in [0, 0.1) is 6.92 Å². The Labute approximate surface area is 104 Å². The zero-order valence-corrected chi connectivity index (χ0v) is 11.0. The summed E-state index contributed by atoms with van der Waals surface area (Å²) in [6.45, 7) is 8.24. The van der Waals surface area contributed by atoms with Crippen molar-refractivity contribution in [3.63, 3.8) is 0 Å². The minimum atomic E-state index is 0.0701. The molecular weight excluding hydrogens is 214 g/mol. The molecule has 0 aromatic heterocycles. The van der Waals surface area contributed by atoms with Gasteiger partial charge in [0.1, 0.15) is 5.75 Å². The lowest BCUT2D eigenvalue weighted by atomic mass is 10.1. The van der Waals surface area contributed by atoms with Crippen LogP contribution in [0.1, 0.15) is 37.4 Å². The van der Waals surface area contributed by atoms with Crippen LogP contribution in [0.25, 0.3) is 0 Å². The molecule has 0 aliphatic rings. The first kappa shape index (κ1) is 14.0. The molecule has 3 heteroatoms. The third-order valence-electron chi connectivity index (χ3n) is 2.62. The van der Waals surface area contributed by atoms with Gasteiger partial charge < -0.3 is 15.2 Å². The first-order valence-corrected chi connectivity index (χ1v) is 6.21. The molecule has 1 rings (SSSR count). The van der Waals surface area contributed by atoms with Gasteiger partial charge in [-0.3, -0.25) is 0 Å². The molecule has 1 aromatic rings. The second-order valence-corrected chi connectivity index (χ2v) is 4.21. The molecule has 3 nitrogen and oxygen atoms in total. The summed E-state index contributed by atoms with van der Waals surface area (Å²) in [6, 6.07) is 6.17. The molecule has 0 aliphatic heterocycles. The van der Waals surface area contributed by atoms with Crippen LogP contribution in [0.3, 0.4) is 0 Å². The van der Waals surface area contributed by atoms with E-state index >= 15 is 0 Å². The SMILES string of the molecule is CCOCCCOc1ccc([C@H](C)N)cc1C. The van der Waals surface area contributed by atoms with E-state index in [-0.39, 0.29) is 6.04 Å². The Kier molecular flexibility index (Phi) is 6.01. The van der Waals surface area contributed by atoms with E-state index in [4.69, 9.17) is 15.2 Å². The molecule has 0 fully saturated rings. The summed E-state index contributed by atoms with van der Waals surface area (Å²) < 4.78 is 11.0. The molecule has 0 aliphatic carbocycles. The summed E-state index contributed by atoms with van der Waals surface area (Å²) in [5.74, 6) is 0.936. The number of ether oxygens (including phenoxy) is 2. The normalized spacial score (nSPS) is 12.5. The number of hydrogen-bond donors (Lipinski definition) is 1. The fourth-order valence-corrected chi connectivity index (χ4v) is 1.61. The predicted molar refractivity (Wildman–Crippen MR) is 70.4 cm³/mol. The third-order valence-corrected chi connectivity index (χ3v) is 2.62. The summed E-state index contributed by atoms with van der Waals surface area (Å²) >= 11 is 0. The number of aryl methyl sites for hydroxylation is 1. The molecular formula is C14H23NO2. The molecule has 17 heavy (non-hydrogen) atoms. The first-order valence-electron chi connectivity index (χ1n) is 6.21. The van der Waals surface area contributed by atoms with Crippen LogP contribution in [0.5, 0.6) is 5.75 Å². The maximum Gasteiger partial charge on any atom is 0.122 e. The van der Waals surface area contributed by atoms with E-state index in [1.54, 1.807) is 0 Å². The quantitative estimate of drug-likeness (QED) is 0.742. The Bertz CT molecular complexity index is 337. The van der Waals surface area contributed by atoms with Crippen LogP contribution >= 0.6 is 0 Å². The highest BCUT2D eigenvalue weighted by atomic mass is 16.5. The van der Waals surface area contributed by atoms with Crippen molar-refractivity contribution in [2.24, 2.45) is 5.73 Å².